The lowest BCUT2D eigenvalue weighted by atomic mass is 10.1. The summed E-state index contributed by atoms with van der Waals surface area (Å²) in [5, 5.41) is 9.79. The van der Waals surface area contributed by atoms with E-state index in [-0.39, 0.29) is 0 Å². The van der Waals surface area contributed by atoms with E-state index in [0.29, 0.717) is 6.61 Å². The number of pyridine rings is 3. The second kappa shape index (κ2) is 9.18. The monoisotopic (exact) mass is 495 g/mol. The Labute approximate surface area is 212 Å². The van der Waals surface area contributed by atoms with Crippen molar-refractivity contribution in [3.05, 3.63) is 66.1 Å². The summed E-state index contributed by atoms with van der Waals surface area (Å²) in [6, 6.07) is 12.4. The van der Waals surface area contributed by atoms with Crippen LogP contribution >= 0.6 is 11.3 Å². The molecule has 6 heterocycles. The van der Waals surface area contributed by atoms with E-state index < -0.39 is 0 Å². The fourth-order valence-electron chi connectivity index (χ4n) is 4.20. The van der Waals surface area contributed by atoms with Gasteiger partial charge in [0.15, 0.2) is 0 Å². The highest BCUT2D eigenvalue weighted by Crippen LogP contribution is 2.36. The minimum absolute atomic E-state index is 0.596. The van der Waals surface area contributed by atoms with Gasteiger partial charge in [-0.1, -0.05) is 0 Å². The number of fused-ring (bicyclic) bond motifs is 2. The molecule has 2 N–H and O–H groups in total. The Balaban J connectivity index is 1.37. The summed E-state index contributed by atoms with van der Waals surface area (Å²) < 4.78 is 5.87. The molecule has 0 aromatic carbocycles. The molecule has 0 saturated heterocycles. The summed E-state index contributed by atoms with van der Waals surface area (Å²) in [6.45, 7) is 3.54. The summed E-state index contributed by atoms with van der Waals surface area (Å²) in [5.74, 6) is 0.725. The van der Waals surface area contributed by atoms with Gasteiger partial charge in [0.05, 0.1) is 39.9 Å². The van der Waals surface area contributed by atoms with Crippen molar-refractivity contribution in [2.75, 3.05) is 27.2 Å². The van der Waals surface area contributed by atoms with Crippen molar-refractivity contribution in [3.8, 4) is 39.0 Å². The van der Waals surface area contributed by atoms with Gasteiger partial charge in [0.1, 0.15) is 18.1 Å². The number of H-pyrrole nitrogens is 2. The fourth-order valence-corrected chi connectivity index (χ4v) is 5.08. The number of ether oxygens (including phenoxy) is 1. The molecule has 36 heavy (non-hydrogen) atoms. The van der Waals surface area contributed by atoms with E-state index in [4.69, 9.17) is 4.74 Å². The molecule has 0 amide bonds. The highest BCUT2D eigenvalue weighted by molar-refractivity contribution is 7.15. The van der Waals surface area contributed by atoms with Crippen LogP contribution in [0.3, 0.4) is 0 Å². The summed E-state index contributed by atoms with van der Waals surface area (Å²) in [6.07, 6.45) is 7.19. The van der Waals surface area contributed by atoms with Gasteiger partial charge in [0, 0.05) is 45.7 Å². The number of aryl methyl sites for hydroxylation is 1. The third-order valence-electron chi connectivity index (χ3n) is 6.04. The lowest BCUT2D eigenvalue weighted by molar-refractivity contribution is 0.261. The van der Waals surface area contributed by atoms with Crippen molar-refractivity contribution in [3.63, 3.8) is 0 Å². The highest BCUT2D eigenvalue weighted by atomic mass is 32.1. The second-order valence-electron chi connectivity index (χ2n) is 8.96. The summed E-state index contributed by atoms with van der Waals surface area (Å²) in [7, 11) is 4.04. The van der Waals surface area contributed by atoms with Crippen LogP contribution < -0.4 is 4.74 Å². The Morgan fingerprint density at radius 1 is 0.944 bits per heavy atom. The Bertz CT molecular complexity index is 1680. The zero-order valence-corrected chi connectivity index (χ0v) is 21.1. The molecule has 0 saturated carbocycles. The molecule has 6 aromatic rings. The van der Waals surface area contributed by atoms with Crippen LogP contribution in [0.1, 0.15) is 4.88 Å². The predicted octanol–water partition coefficient (Wildman–Crippen LogP) is 5.54. The minimum Gasteiger partial charge on any atom is -0.491 e. The topological polar surface area (TPSA) is 95.6 Å². The maximum Gasteiger partial charge on any atom is 0.138 e. The number of hydrogen-bond donors (Lipinski definition) is 2. The van der Waals surface area contributed by atoms with Gasteiger partial charge in [0.25, 0.3) is 0 Å². The first-order valence-electron chi connectivity index (χ1n) is 11.7. The highest BCUT2D eigenvalue weighted by Gasteiger charge is 2.16. The molecular weight excluding hydrogens is 470 g/mol. The van der Waals surface area contributed by atoms with E-state index in [0.717, 1.165) is 67.3 Å². The van der Waals surface area contributed by atoms with Crippen LogP contribution in [0, 0.1) is 6.92 Å². The molecule has 8 nitrogen and oxygen atoms in total. The third kappa shape index (κ3) is 4.23. The molecule has 0 aliphatic carbocycles. The molecule has 0 spiro atoms. The number of thiophene rings is 1. The van der Waals surface area contributed by atoms with Gasteiger partial charge in [-0.25, -0.2) is 0 Å². The standard InChI is InChI=1S/C27H25N7OS/c1-16-4-5-25(36-16)27-19-12-23(31-21(19)6-7-29-27)26-20-11-22(30-15-24(20)32-33-26)17-10-18(14-28-13-17)35-9-8-34(2)3/h4-7,10-15,31H,8-9H2,1-3H3,(H,32,33). The fraction of sp³-hybridized carbons (Fsp3) is 0.185. The Hall–Kier alpha value is -4.08. The third-order valence-corrected chi connectivity index (χ3v) is 7.05. The smallest absolute Gasteiger partial charge is 0.138 e. The van der Waals surface area contributed by atoms with Gasteiger partial charge in [-0.3, -0.25) is 20.1 Å². The van der Waals surface area contributed by atoms with Crippen LogP contribution in [-0.4, -0.2) is 62.3 Å². The Morgan fingerprint density at radius 2 is 1.83 bits per heavy atom. The number of hydrogen-bond acceptors (Lipinski definition) is 7. The van der Waals surface area contributed by atoms with Crippen LogP contribution in [-0.2, 0) is 0 Å². The Morgan fingerprint density at radius 3 is 2.67 bits per heavy atom. The SMILES string of the molecule is Cc1ccc(-c2nccc3[nH]c(-c4n[nH]c5cnc(-c6cncc(OCCN(C)C)c6)cc45)cc23)s1. The van der Waals surface area contributed by atoms with Crippen molar-refractivity contribution >= 4 is 33.1 Å². The minimum atomic E-state index is 0.596. The van der Waals surface area contributed by atoms with Gasteiger partial charge in [-0.15, -0.1) is 11.3 Å². The summed E-state index contributed by atoms with van der Waals surface area (Å²) in [5.41, 5.74) is 6.34. The first-order chi connectivity index (χ1) is 17.5. The van der Waals surface area contributed by atoms with Crippen molar-refractivity contribution in [2.45, 2.75) is 6.92 Å². The molecule has 0 aliphatic heterocycles. The van der Waals surface area contributed by atoms with Crippen molar-refractivity contribution in [2.24, 2.45) is 0 Å². The maximum atomic E-state index is 5.87. The van der Waals surface area contributed by atoms with Crippen LogP contribution in [0.5, 0.6) is 5.75 Å². The molecule has 0 fully saturated rings. The molecule has 0 radical (unpaired) electrons. The van der Waals surface area contributed by atoms with Gasteiger partial charge in [0.2, 0.25) is 0 Å². The van der Waals surface area contributed by atoms with Gasteiger partial charge >= 0.3 is 0 Å². The number of aromatic nitrogens is 6. The second-order valence-corrected chi connectivity index (χ2v) is 10.3. The lowest BCUT2D eigenvalue weighted by Crippen LogP contribution is -2.19. The first-order valence-corrected chi connectivity index (χ1v) is 12.5. The van der Waals surface area contributed by atoms with Crippen molar-refractivity contribution < 1.29 is 4.74 Å². The Kier molecular flexibility index (Phi) is 5.71. The van der Waals surface area contributed by atoms with Gasteiger partial charge in [-0.2, -0.15) is 5.10 Å². The van der Waals surface area contributed by atoms with E-state index in [1.54, 1.807) is 23.7 Å². The lowest BCUT2D eigenvalue weighted by Gasteiger charge is -2.11. The molecule has 180 valence electrons. The van der Waals surface area contributed by atoms with Crippen molar-refractivity contribution in [1.82, 2.24) is 35.0 Å². The van der Waals surface area contributed by atoms with E-state index in [2.05, 4.69) is 60.2 Å². The average molecular weight is 496 g/mol. The van der Waals surface area contributed by atoms with E-state index in [1.807, 2.05) is 44.7 Å². The number of nitrogens with one attached hydrogen (secondary N) is 2. The van der Waals surface area contributed by atoms with Crippen LogP contribution in [0.2, 0.25) is 0 Å². The summed E-state index contributed by atoms with van der Waals surface area (Å²) in [4.78, 5) is 21.7. The normalized spacial score (nSPS) is 11.7. The van der Waals surface area contributed by atoms with E-state index in [9.17, 15) is 0 Å². The molecule has 0 atom stereocenters. The quantitative estimate of drug-likeness (QED) is 0.302. The molecule has 6 rings (SSSR count). The number of rotatable bonds is 7. The molecule has 0 aliphatic rings. The van der Waals surface area contributed by atoms with E-state index in [1.165, 1.54) is 4.88 Å². The first kappa shape index (κ1) is 22.4. The average Bonchev–Trinajstić information content (AvgIpc) is 3.61. The molecule has 0 unspecified atom stereocenters. The van der Waals surface area contributed by atoms with Gasteiger partial charge < -0.3 is 14.6 Å². The molecule has 0 bridgehead atoms. The van der Waals surface area contributed by atoms with Crippen molar-refractivity contribution in [1.29, 1.82) is 0 Å². The number of aromatic amines is 2. The number of likely N-dealkylation sites (N-methyl/N-ethyl adjacent to an activating group) is 1. The van der Waals surface area contributed by atoms with Gasteiger partial charge in [-0.05, 0) is 57.4 Å². The number of nitrogens with zero attached hydrogens (tertiary/aromatic N) is 5. The zero-order chi connectivity index (χ0) is 24.6. The summed E-state index contributed by atoms with van der Waals surface area (Å²) >= 11 is 1.75. The zero-order valence-electron chi connectivity index (χ0n) is 20.2. The predicted molar refractivity (Wildman–Crippen MR) is 144 cm³/mol. The molecule has 9 heteroatoms. The van der Waals surface area contributed by atoms with Crippen LogP contribution in [0.4, 0.5) is 0 Å². The largest absolute Gasteiger partial charge is 0.491 e. The molecular formula is C27H25N7OS. The van der Waals surface area contributed by atoms with Crippen LogP contribution in [0.25, 0.3) is 55.0 Å². The maximum absolute atomic E-state index is 5.87. The van der Waals surface area contributed by atoms with E-state index >= 15 is 0 Å². The molecule has 6 aromatic heterocycles. The van der Waals surface area contributed by atoms with Crippen LogP contribution in [0.15, 0.2) is 61.2 Å².